The molecule has 0 unspecified atom stereocenters. The summed E-state index contributed by atoms with van der Waals surface area (Å²) < 4.78 is 26.0. The maximum Gasteiger partial charge on any atom is 0.183 e. The van der Waals surface area contributed by atoms with Crippen molar-refractivity contribution in [3.63, 3.8) is 0 Å². The highest BCUT2D eigenvalue weighted by Gasteiger charge is 2.21. The van der Waals surface area contributed by atoms with E-state index in [2.05, 4.69) is 15.3 Å². The third kappa shape index (κ3) is 3.09. The monoisotopic (exact) mass is 272 g/mol. The fourth-order valence-corrected chi connectivity index (χ4v) is 3.70. The third-order valence-corrected chi connectivity index (χ3v) is 4.98. The van der Waals surface area contributed by atoms with Crippen molar-refractivity contribution in [3.8, 4) is 0 Å². The first-order valence-electron chi connectivity index (χ1n) is 6.15. The third-order valence-electron chi connectivity index (χ3n) is 3.19. The van der Waals surface area contributed by atoms with Crippen LogP contribution in [0.1, 0.15) is 5.69 Å². The molecule has 1 fully saturated rings. The number of nitrogens with one attached hydrogen (secondary N) is 1. The number of piperazine rings is 1. The quantitative estimate of drug-likeness (QED) is 0.793. The Kier molecular flexibility index (Phi) is 4.04. The molecule has 1 N–H and O–H groups in total. The molecule has 18 heavy (non-hydrogen) atoms. The number of nitrogens with zero attached hydrogens (tertiary/aromatic N) is 3. The lowest BCUT2D eigenvalue weighted by molar-refractivity contribution is 0.254. The van der Waals surface area contributed by atoms with E-state index in [4.69, 9.17) is 0 Å². The van der Waals surface area contributed by atoms with E-state index in [0.29, 0.717) is 17.1 Å². The van der Waals surface area contributed by atoms with Crippen LogP contribution in [0.2, 0.25) is 0 Å². The molecule has 0 saturated carbocycles. The normalized spacial score (nSPS) is 18.1. The number of sulfone groups is 1. The van der Waals surface area contributed by atoms with E-state index in [9.17, 15) is 8.42 Å². The summed E-state index contributed by atoms with van der Waals surface area (Å²) in [5.41, 5.74) is 0.581. The SMILES string of the molecule is Cc1nn(C)cc1S(=O)(=O)CCN1CCNCC1. The maximum atomic E-state index is 12.2. The van der Waals surface area contributed by atoms with Gasteiger partial charge in [0.2, 0.25) is 0 Å². The van der Waals surface area contributed by atoms with Crippen molar-refractivity contribution in [2.24, 2.45) is 7.05 Å². The second-order valence-corrected chi connectivity index (χ2v) is 6.74. The van der Waals surface area contributed by atoms with Gasteiger partial charge in [-0.25, -0.2) is 8.42 Å². The number of hydrogen-bond acceptors (Lipinski definition) is 5. The fourth-order valence-electron chi connectivity index (χ4n) is 2.18. The van der Waals surface area contributed by atoms with Crippen LogP contribution >= 0.6 is 0 Å². The smallest absolute Gasteiger partial charge is 0.183 e. The van der Waals surface area contributed by atoms with Gasteiger partial charge in [-0.3, -0.25) is 9.58 Å². The first-order valence-corrected chi connectivity index (χ1v) is 7.80. The van der Waals surface area contributed by atoms with Crippen molar-refractivity contribution in [1.82, 2.24) is 20.0 Å². The van der Waals surface area contributed by atoms with Crippen LogP contribution in [0.3, 0.4) is 0 Å². The highest BCUT2D eigenvalue weighted by atomic mass is 32.2. The summed E-state index contributed by atoms with van der Waals surface area (Å²) in [4.78, 5) is 2.54. The molecule has 0 radical (unpaired) electrons. The molecule has 0 aliphatic carbocycles. The zero-order chi connectivity index (χ0) is 13.2. The molecule has 1 saturated heterocycles. The highest BCUT2D eigenvalue weighted by molar-refractivity contribution is 7.91. The van der Waals surface area contributed by atoms with E-state index in [1.165, 1.54) is 0 Å². The summed E-state index contributed by atoms with van der Waals surface area (Å²) in [7, 11) is -1.48. The highest BCUT2D eigenvalue weighted by Crippen LogP contribution is 2.14. The molecule has 2 rings (SSSR count). The lowest BCUT2D eigenvalue weighted by Crippen LogP contribution is -2.45. The molecule has 7 heteroatoms. The lowest BCUT2D eigenvalue weighted by Gasteiger charge is -2.26. The van der Waals surface area contributed by atoms with E-state index < -0.39 is 9.84 Å². The van der Waals surface area contributed by atoms with Gasteiger partial charge in [0.25, 0.3) is 0 Å². The zero-order valence-electron chi connectivity index (χ0n) is 10.9. The van der Waals surface area contributed by atoms with Gasteiger partial charge in [0, 0.05) is 46.0 Å². The average Bonchev–Trinajstić information content (AvgIpc) is 2.68. The maximum absolute atomic E-state index is 12.2. The minimum Gasteiger partial charge on any atom is -0.314 e. The van der Waals surface area contributed by atoms with Gasteiger partial charge in [-0.15, -0.1) is 0 Å². The Morgan fingerprint density at radius 3 is 2.61 bits per heavy atom. The number of hydrogen-bond donors (Lipinski definition) is 1. The standard InChI is InChI=1S/C11H20N4O2S/c1-10-11(9-14(2)13-10)18(16,17)8-7-15-5-3-12-4-6-15/h9,12H,3-8H2,1-2H3. The Labute approximate surface area is 108 Å². The molecule has 102 valence electrons. The predicted molar refractivity (Wildman–Crippen MR) is 69.3 cm³/mol. The molecule has 1 aromatic heterocycles. The number of aromatic nitrogens is 2. The van der Waals surface area contributed by atoms with Crippen LogP contribution in [-0.2, 0) is 16.9 Å². The molecule has 0 spiro atoms. The van der Waals surface area contributed by atoms with Crippen LogP contribution in [0, 0.1) is 6.92 Å². The summed E-state index contributed by atoms with van der Waals surface area (Å²) >= 11 is 0. The van der Waals surface area contributed by atoms with Gasteiger partial charge in [-0.05, 0) is 6.92 Å². The molecule has 1 aliphatic rings. The Morgan fingerprint density at radius 1 is 1.39 bits per heavy atom. The number of rotatable bonds is 4. The van der Waals surface area contributed by atoms with Crippen LogP contribution in [0.25, 0.3) is 0 Å². The van der Waals surface area contributed by atoms with Gasteiger partial charge in [0.1, 0.15) is 4.90 Å². The summed E-state index contributed by atoms with van der Waals surface area (Å²) in [6.07, 6.45) is 1.59. The molecule has 1 aliphatic heterocycles. The van der Waals surface area contributed by atoms with Crippen LogP contribution in [-0.4, -0.2) is 61.6 Å². The van der Waals surface area contributed by atoms with Crippen molar-refractivity contribution in [2.45, 2.75) is 11.8 Å². The molecular formula is C11H20N4O2S. The zero-order valence-corrected chi connectivity index (χ0v) is 11.7. The topological polar surface area (TPSA) is 67.2 Å². The molecule has 1 aromatic rings. The predicted octanol–water partition coefficient (Wildman–Crippen LogP) is -0.593. The van der Waals surface area contributed by atoms with Crippen LogP contribution < -0.4 is 5.32 Å². The van der Waals surface area contributed by atoms with Gasteiger partial charge in [0.05, 0.1) is 11.4 Å². The Morgan fingerprint density at radius 2 is 2.06 bits per heavy atom. The van der Waals surface area contributed by atoms with Crippen LogP contribution in [0.5, 0.6) is 0 Å². The molecule has 0 amide bonds. The van der Waals surface area contributed by atoms with E-state index in [1.54, 1.807) is 24.9 Å². The Bertz CT molecular complexity index is 503. The second kappa shape index (κ2) is 5.38. The van der Waals surface area contributed by atoms with Crippen molar-refractivity contribution in [1.29, 1.82) is 0 Å². The van der Waals surface area contributed by atoms with Gasteiger partial charge in [-0.1, -0.05) is 0 Å². The Hall–Kier alpha value is -0.920. The van der Waals surface area contributed by atoms with Crippen LogP contribution in [0.4, 0.5) is 0 Å². The van der Waals surface area contributed by atoms with Crippen molar-refractivity contribution < 1.29 is 8.42 Å². The number of aryl methyl sites for hydroxylation is 2. The average molecular weight is 272 g/mol. The molecule has 0 aromatic carbocycles. The van der Waals surface area contributed by atoms with Crippen molar-refractivity contribution in [2.75, 3.05) is 38.5 Å². The molecule has 0 atom stereocenters. The summed E-state index contributed by atoms with van der Waals surface area (Å²) in [6, 6.07) is 0. The van der Waals surface area contributed by atoms with Crippen molar-refractivity contribution in [3.05, 3.63) is 11.9 Å². The first-order chi connectivity index (χ1) is 8.49. The molecular weight excluding hydrogens is 252 g/mol. The van der Waals surface area contributed by atoms with Crippen LogP contribution in [0.15, 0.2) is 11.1 Å². The molecule has 6 nitrogen and oxygen atoms in total. The minimum atomic E-state index is -3.21. The van der Waals surface area contributed by atoms with Crippen molar-refractivity contribution >= 4 is 9.84 Å². The first kappa shape index (κ1) is 13.5. The molecule has 0 bridgehead atoms. The second-order valence-electron chi connectivity index (χ2n) is 4.66. The van der Waals surface area contributed by atoms with E-state index in [-0.39, 0.29) is 5.75 Å². The van der Waals surface area contributed by atoms with E-state index in [1.807, 2.05) is 0 Å². The lowest BCUT2D eigenvalue weighted by atomic mass is 10.4. The fraction of sp³-hybridized carbons (Fsp3) is 0.727. The summed E-state index contributed by atoms with van der Waals surface area (Å²) in [5, 5.41) is 7.34. The largest absolute Gasteiger partial charge is 0.314 e. The van der Waals surface area contributed by atoms with Gasteiger partial charge in [-0.2, -0.15) is 5.10 Å². The van der Waals surface area contributed by atoms with E-state index >= 15 is 0 Å². The van der Waals surface area contributed by atoms with E-state index in [0.717, 1.165) is 26.2 Å². The summed E-state index contributed by atoms with van der Waals surface area (Å²) in [5.74, 6) is 0.166. The van der Waals surface area contributed by atoms with Gasteiger partial charge >= 0.3 is 0 Å². The molecule has 2 heterocycles. The van der Waals surface area contributed by atoms with Gasteiger partial charge < -0.3 is 5.32 Å². The van der Waals surface area contributed by atoms with Gasteiger partial charge in [0.15, 0.2) is 9.84 Å². The Balaban J connectivity index is 2.01. The minimum absolute atomic E-state index is 0.166. The summed E-state index contributed by atoms with van der Waals surface area (Å²) in [6.45, 7) is 6.04.